The Morgan fingerprint density at radius 2 is 2.55 bits per heavy atom. The van der Waals surface area contributed by atoms with Crippen molar-refractivity contribution in [3.63, 3.8) is 0 Å². The lowest BCUT2D eigenvalue weighted by molar-refractivity contribution is 0.0465. The van der Waals surface area contributed by atoms with Gasteiger partial charge in [-0.05, 0) is 13.8 Å². The topological polar surface area (TPSA) is 30.8 Å². The summed E-state index contributed by atoms with van der Waals surface area (Å²) in [6, 6.07) is 0. The fourth-order valence-electron chi connectivity index (χ4n) is 1.08. The van der Waals surface area contributed by atoms with Gasteiger partial charge < -0.3 is 9.57 Å². The molecule has 3 heteroatoms. The van der Waals surface area contributed by atoms with E-state index in [1.165, 1.54) is 0 Å². The molecule has 0 amide bonds. The van der Waals surface area contributed by atoms with Gasteiger partial charge in [-0.15, -0.1) is 0 Å². The summed E-state index contributed by atoms with van der Waals surface area (Å²) < 4.78 is 5.20. The van der Waals surface area contributed by atoms with E-state index in [1.807, 2.05) is 13.8 Å². The molecule has 0 unspecified atom stereocenters. The summed E-state index contributed by atoms with van der Waals surface area (Å²) >= 11 is 0. The predicted molar refractivity (Wildman–Crippen MR) is 43.7 cm³/mol. The summed E-state index contributed by atoms with van der Waals surface area (Å²) in [5.74, 6) is 0. The Kier molecular flexibility index (Phi) is 3.36. The highest BCUT2D eigenvalue weighted by molar-refractivity contribution is 5.82. The summed E-state index contributed by atoms with van der Waals surface area (Å²) in [5.41, 5.74) is 1.09. The van der Waals surface area contributed by atoms with Gasteiger partial charge in [0.25, 0.3) is 0 Å². The van der Waals surface area contributed by atoms with Crippen molar-refractivity contribution in [3.8, 4) is 0 Å². The van der Waals surface area contributed by atoms with Crippen LogP contribution in [0.5, 0.6) is 0 Å². The minimum absolute atomic E-state index is 0.265. The Labute approximate surface area is 67.4 Å². The van der Waals surface area contributed by atoms with Crippen molar-refractivity contribution in [2.75, 3.05) is 13.2 Å². The Balaban J connectivity index is 2.02. The fraction of sp³-hybridized carbons (Fsp3) is 0.875. The van der Waals surface area contributed by atoms with E-state index in [9.17, 15) is 0 Å². The van der Waals surface area contributed by atoms with Crippen molar-refractivity contribution in [1.82, 2.24) is 0 Å². The second-order valence-corrected chi connectivity index (χ2v) is 2.74. The van der Waals surface area contributed by atoms with Crippen LogP contribution in [0.2, 0.25) is 0 Å². The first-order valence-electron chi connectivity index (χ1n) is 4.10. The Hall–Kier alpha value is -0.570. The lowest BCUT2D eigenvalue weighted by Crippen LogP contribution is -2.10. The molecule has 1 heterocycles. The van der Waals surface area contributed by atoms with Gasteiger partial charge in [0.2, 0.25) is 0 Å². The molecule has 1 aliphatic heterocycles. The standard InChI is InChI=1S/C8H15NO2/c1-3-10-5-4-8-6-7(2)9-11-8/h8H,3-6H2,1-2H3/t8-/m1/s1. The minimum Gasteiger partial charge on any atom is -0.392 e. The van der Waals surface area contributed by atoms with Gasteiger partial charge in [-0.1, -0.05) is 5.16 Å². The molecule has 0 aromatic rings. The molecule has 0 N–H and O–H groups in total. The molecule has 11 heavy (non-hydrogen) atoms. The molecule has 1 rings (SSSR count). The third-order valence-electron chi connectivity index (χ3n) is 1.67. The maximum Gasteiger partial charge on any atom is 0.135 e. The van der Waals surface area contributed by atoms with Gasteiger partial charge >= 0.3 is 0 Å². The van der Waals surface area contributed by atoms with Gasteiger partial charge in [0.1, 0.15) is 6.10 Å². The molecule has 0 bridgehead atoms. The van der Waals surface area contributed by atoms with Gasteiger partial charge in [0.05, 0.1) is 12.3 Å². The SMILES string of the molecule is CCOCC[C@@H]1CC(C)=NO1. The number of ether oxygens (including phenoxy) is 1. The first kappa shape index (κ1) is 8.53. The zero-order valence-corrected chi connectivity index (χ0v) is 7.17. The van der Waals surface area contributed by atoms with Crippen molar-refractivity contribution >= 4 is 5.71 Å². The number of hydrogen-bond donors (Lipinski definition) is 0. The highest BCUT2D eigenvalue weighted by Crippen LogP contribution is 2.12. The number of oxime groups is 1. The lowest BCUT2D eigenvalue weighted by atomic mass is 10.1. The molecule has 1 atom stereocenters. The Morgan fingerprint density at radius 1 is 1.73 bits per heavy atom. The lowest BCUT2D eigenvalue weighted by Gasteiger charge is -2.06. The smallest absolute Gasteiger partial charge is 0.135 e. The van der Waals surface area contributed by atoms with E-state index in [0.29, 0.717) is 0 Å². The van der Waals surface area contributed by atoms with E-state index < -0.39 is 0 Å². The quantitative estimate of drug-likeness (QED) is 0.580. The highest BCUT2D eigenvalue weighted by atomic mass is 16.6. The second kappa shape index (κ2) is 4.34. The molecule has 0 saturated heterocycles. The molecule has 0 fully saturated rings. The molecule has 0 aromatic heterocycles. The average Bonchev–Trinajstić information content (AvgIpc) is 2.37. The molecule has 64 valence electrons. The van der Waals surface area contributed by atoms with Crippen LogP contribution in [-0.2, 0) is 9.57 Å². The summed E-state index contributed by atoms with van der Waals surface area (Å²) in [7, 11) is 0. The molecular weight excluding hydrogens is 142 g/mol. The van der Waals surface area contributed by atoms with Crippen LogP contribution in [0.25, 0.3) is 0 Å². The number of rotatable bonds is 4. The Morgan fingerprint density at radius 3 is 3.09 bits per heavy atom. The molecular formula is C8H15NO2. The second-order valence-electron chi connectivity index (χ2n) is 2.74. The highest BCUT2D eigenvalue weighted by Gasteiger charge is 2.16. The van der Waals surface area contributed by atoms with Crippen molar-refractivity contribution in [3.05, 3.63) is 0 Å². The van der Waals surface area contributed by atoms with Crippen LogP contribution in [0, 0.1) is 0 Å². The number of hydrogen-bond acceptors (Lipinski definition) is 3. The van der Waals surface area contributed by atoms with Crippen LogP contribution >= 0.6 is 0 Å². The maximum absolute atomic E-state index is 5.20. The van der Waals surface area contributed by atoms with Crippen LogP contribution in [-0.4, -0.2) is 25.0 Å². The summed E-state index contributed by atoms with van der Waals surface area (Å²) in [6.45, 7) is 5.55. The summed E-state index contributed by atoms with van der Waals surface area (Å²) in [4.78, 5) is 5.12. The van der Waals surface area contributed by atoms with Gasteiger partial charge in [-0.3, -0.25) is 0 Å². The fourth-order valence-corrected chi connectivity index (χ4v) is 1.08. The van der Waals surface area contributed by atoms with Gasteiger partial charge in [-0.2, -0.15) is 0 Å². The molecule has 0 radical (unpaired) electrons. The van der Waals surface area contributed by atoms with Crippen LogP contribution < -0.4 is 0 Å². The molecule has 1 aliphatic rings. The summed E-state index contributed by atoms with van der Waals surface area (Å²) in [5, 5.41) is 3.86. The van der Waals surface area contributed by atoms with Crippen molar-refractivity contribution in [2.45, 2.75) is 32.8 Å². The van der Waals surface area contributed by atoms with E-state index in [2.05, 4.69) is 5.16 Å². The summed E-state index contributed by atoms with van der Waals surface area (Å²) in [6.07, 6.45) is 2.18. The average molecular weight is 157 g/mol. The van der Waals surface area contributed by atoms with Crippen molar-refractivity contribution in [1.29, 1.82) is 0 Å². The van der Waals surface area contributed by atoms with E-state index >= 15 is 0 Å². The third kappa shape index (κ3) is 2.89. The van der Waals surface area contributed by atoms with Crippen molar-refractivity contribution < 1.29 is 9.57 Å². The predicted octanol–water partition coefficient (Wildman–Crippen LogP) is 1.58. The van der Waals surface area contributed by atoms with Crippen LogP contribution in [0.15, 0.2) is 5.16 Å². The zero-order chi connectivity index (χ0) is 8.10. The number of nitrogens with zero attached hydrogens (tertiary/aromatic N) is 1. The zero-order valence-electron chi connectivity index (χ0n) is 7.17. The monoisotopic (exact) mass is 157 g/mol. The third-order valence-corrected chi connectivity index (χ3v) is 1.67. The van der Waals surface area contributed by atoms with Gasteiger partial charge in [0.15, 0.2) is 0 Å². The van der Waals surface area contributed by atoms with Crippen LogP contribution in [0.4, 0.5) is 0 Å². The largest absolute Gasteiger partial charge is 0.392 e. The minimum atomic E-state index is 0.265. The van der Waals surface area contributed by atoms with Crippen LogP contribution in [0.3, 0.4) is 0 Å². The van der Waals surface area contributed by atoms with E-state index in [-0.39, 0.29) is 6.10 Å². The van der Waals surface area contributed by atoms with E-state index in [1.54, 1.807) is 0 Å². The van der Waals surface area contributed by atoms with Crippen LogP contribution in [0.1, 0.15) is 26.7 Å². The normalized spacial score (nSPS) is 23.1. The first-order chi connectivity index (χ1) is 5.33. The molecule has 0 aliphatic carbocycles. The molecule has 0 aromatic carbocycles. The maximum atomic E-state index is 5.20. The van der Waals surface area contributed by atoms with Crippen molar-refractivity contribution in [2.24, 2.45) is 5.16 Å². The van der Waals surface area contributed by atoms with E-state index in [4.69, 9.17) is 9.57 Å². The molecule has 3 nitrogen and oxygen atoms in total. The van der Waals surface area contributed by atoms with Gasteiger partial charge in [0, 0.05) is 19.4 Å². The van der Waals surface area contributed by atoms with Gasteiger partial charge in [-0.25, -0.2) is 0 Å². The Bertz CT molecular complexity index is 145. The molecule has 0 saturated carbocycles. The van der Waals surface area contributed by atoms with E-state index in [0.717, 1.165) is 31.8 Å². The molecule has 0 spiro atoms. The first-order valence-corrected chi connectivity index (χ1v) is 4.10.